The first-order valence-corrected chi connectivity index (χ1v) is 12.3. The van der Waals surface area contributed by atoms with Crippen LogP contribution in [0.25, 0.3) is 0 Å². The van der Waals surface area contributed by atoms with Crippen molar-refractivity contribution in [3.8, 4) is 11.5 Å². The lowest BCUT2D eigenvalue weighted by Gasteiger charge is -2.21. The number of carbonyl (C=O) groups is 1. The Bertz CT molecular complexity index is 1320. The molecule has 0 saturated heterocycles. The maximum Gasteiger partial charge on any atom is 0.264 e. The minimum absolute atomic E-state index is 0.0961. The van der Waals surface area contributed by atoms with E-state index in [2.05, 4.69) is 5.32 Å². The quantitative estimate of drug-likeness (QED) is 0.622. The highest BCUT2D eigenvalue weighted by molar-refractivity contribution is 7.92. The first-order chi connectivity index (χ1) is 15.9. The molecule has 0 radical (unpaired) electrons. The summed E-state index contributed by atoms with van der Waals surface area (Å²) in [4.78, 5) is 13.0. The van der Waals surface area contributed by atoms with Crippen molar-refractivity contribution in [2.24, 2.45) is 0 Å². The van der Waals surface area contributed by atoms with E-state index in [1.165, 1.54) is 16.4 Å². The maximum absolute atomic E-state index is 13.3. The van der Waals surface area contributed by atoms with Gasteiger partial charge in [0.1, 0.15) is 13.2 Å². The Morgan fingerprint density at radius 2 is 1.76 bits per heavy atom. The normalized spacial score (nSPS) is 15.6. The summed E-state index contributed by atoms with van der Waals surface area (Å²) in [5, 5.41) is 2.94. The first-order valence-electron chi connectivity index (χ1n) is 10.8. The number of anilines is 1. The van der Waals surface area contributed by atoms with Crippen molar-refractivity contribution < 1.29 is 22.7 Å². The van der Waals surface area contributed by atoms with Crippen LogP contribution in [0.1, 0.15) is 34.5 Å². The Morgan fingerprint density at radius 1 is 0.970 bits per heavy atom. The van der Waals surface area contributed by atoms with E-state index >= 15 is 0 Å². The molecule has 0 fully saturated rings. The number of rotatable bonds is 5. The van der Waals surface area contributed by atoms with Gasteiger partial charge in [-0.1, -0.05) is 30.3 Å². The fourth-order valence-electron chi connectivity index (χ4n) is 4.18. The van der Waals surface area contributed by atoms with Gasteiger partial charge >= 0.3 is 0 Å². The predicted molar refractivity (Wildman–Crippen MR) is 124 cm³/mol. The number of amides is 1. The molecule has 0 saturated carbocycles. The van der Waals surface area contributed by atoms with Crippen LogP contribution < -0.4 is 19.1 Å². The fourth-order valence-corrected chi connectivity index (χ4v) is 5.72. The van der Waals surface area contributed by atoms with Gasteiger partial charge in [-0.3, -0.25) is 9.10 Å². The molecule has 1 N–H and O–H groups in total. The molecule has 2 heterocycles. The predicted octanol–water partition coefficient (Wildman–Crippen LogP) is 3.70. The minimum Gasteiger partial charge on any atom is -0.486 e. The minimum atomic E-state index is -3.78. The molecule has 2 aliphatic rings. The molecule has 3 aromatic rings. The zero-order valence-corrected chi connectivity index (χ0v) is 19.0. The van der Waals surface area contributed by atoms with Crippen LogP contribution in [0.3, 0.4) is 0 Å². The highest BCUT2D eigenvalue weighted by atomic mass is 32.2. The number of hydrogen-bond acceptors (Lipinski definition) is 5. The molecular formula is C25H24N2O5S. The number of fused-ring (bicyclic) bond motifs is 2. The van der Waals surface area contributed by atoms with Gasteiger partial charge in [-0.2, -0.15) is 0 Å². The third-order valence-corrected chi connectivity index (χ3v) is 7.75. The van der Waals surface area contributed by atoms with Gasteiger partial charge in [0, 0.05) is 12.1 Å². The molecule has 8 heteroatoms. The highest BCUT2D eigenvalue weighted by Gasteiger charge is 2.31. The first kappa shape index (κ1) is 21.3. The number of nitrogens with zero attached hydrogens (tertiary/aromatic N) is 1. The van der Waals surface area contributed by atoms with Crippen LogP contribution in [0.4, 0.5) is 5.69 Å². The van der Waals surface area contributed by atoms with Gasteiger partial charge in [0.15, 0.2) is 11.5 Å². The third kappa shape index (κ3) is 4.02. The van der Waals surface area contributed by atoms with E-state index in [4.69, 9.17) is 9.47 Å². The lowest BCUT2D eigenvalue weighted by molar-refractivity contribution is 0.0939. The molecule has 0 spiro atoms. The number of hydrogen-bond donors (Lipinski definition) is 1. The van der Waals surface area contributed by atoms with Crippen LogP contribution in [-0.2, 0) is 16.4 Å². The molecule has 2 aliphatic heterocycles. The van der Waals surface area contributed by atoms with Gasteiger partial charge in [0.25, 0.3) is 15.9 Å². The molecule has 7 nitrogen and oxygen atoms in total. The molecule has 1 unspecified atom stereocenters. The molecule has 1 amide bonds. The number of para-hydroxylation sites is 1. The molecule has 0 aromatic heterocycles. The summed E-state index contributed by atoms with van der Waals surface area (Å²) in [5.74, 6) is 0.986. The molecule has 0 aliphatic carbocycles. The second-order valence-corrected chi connectivity index (χ2v) is 9.94. The largest absolute Gasteiger partial charge is 0.486 e. The second kappa shape index (κ2) is 8.44. The zero-order chi connectivity index (χ0) is 23.0. The molecule has 33 heavy (non-hydrogen) atoms. The van der Waals surface area contributed by atoms with E-state index in [0.717, 1.165) is 11.1 Å². The van der Waals surface area contributed by atoms with E-state index in [1.807, 2.05) is 49.4 Å². The van der Waals surface area contributed by atoms with Crippen molar-refractivity contribution in [3.05, 3.63) is 83.4 Å². The van der Waals surface area contributed by atoms with E-state index in [1.54, 1.807) is 12.1 Å². The summed E-state index contributed by atoms with van der Waals surface area (Å²) >= 11 is 0. The SMILES string of the molecule is CC(NC(=O)c1cccc(S(=O)(=O)N2CCc3ccccc32)c1)c1ccc2c(c1)OCCO2. The van der Waals surface area contributed by atoms with E-state index in [-0.39, 0.29) is 22.4 Å². The zero-order valence-electron chi connectivity index (χ0n) is 18.2. The standard InChI is InChI=1S/C25H24N2O5S/c1-17(19-9-10-23-24(16-19)32-14-13-31-23)26-25(28)20-6-4-7-21(15-20)33(29,30)27-12-11-18-5-2-3-8-22(18)27/h2-10,15-17H,11-14H2,1H3,(H,26,28). The summed E-state index contributed by atoms with van der Waals surface area (Å²) < 4.78 is 39.2. The van der Waals surface area contributed by atoms with Crippen LogP contribution in [0.5, 0.6) is 11.5 Å². The smallest absolute Gasteiger partial charge is 0.264 e. The van der Waals surface area contributed by atoms with E-state index in [9.17, 15) is 13.2 Å². The van der Waals surface area contributed by atoms with Crippen LogP contribution in [-0.4, -0.2) is 34.1 Å². The van der Waals surface area contributed by atoms with Gasteiger partial charge in [-0.25, -0.2) is 8.42 Å². The molecule has 0 bridgehead atoms. The Morgan fingerprint density at radius 3 is 2.61 bits per heavy atom. The number of sulfonamides is 1. The van der Waals surface area contributed by atoms with Gasteiger partial charge in [0.05, 0.1) is 16.6 Å². The van der Waals surface area contributed by atoms with E-state index < -0.39 is 10.0 Å². The summed E-state index contributed by atoms with van der Waals surface area (Å²) in [6.45, 7) is 3.26. The van der Waals surface area contributed by atoms with Crippen molar-refractivity contribution in [3.63, 3.8) is 0 Å². The lowest BCUT2D eigenvalue weighted by atomic mass is 10.1. The molecule has 1 atom stereocenters. The van der Waals surface area contributed by atoms with Crippen molar-refractivity contribution >= 4 is 21.6 Å². The average Bonchev–Trinajstić information content (AvgIpc) is 3.29. The molecule has 3 aromatic carbocycles. The fraction of sp³-hybridized carbons (Fsp3) is 0.240. The monoisotopic (exact) mass is 464 g/mol. The van der Waals surface area contributed by atoms with Crippen molar-refractivity contribution in [2.75, 3.05) is 24.1 Å². The Hall–Kier alpha value is -3.52. The van der Waals surface area contributed by atoms with Crippen molar-refractivity contribution in [1.82, 2.24) is 5.32 Å². The van der Waals surface area contributed by atoms with Crippen LogP contribution in [0, 0.1) is 0 Å². The lowest BCUT2D eigenvalue weighted by Crippen LogP contribution is -2.30. The highest BCUT2D eigenvalue weighted by Crippen LogP contribution is 2.34. The summed E-state index contributed by atoms with van der Waals surface area (Å²) in [6.07, 6.45) is 0.669. The van der Waals surface area contributed by atoms with Crippen LogP contribution in [0.2, 0.25) is 0 Å². The molecular weight excluding hydrogens is 440 g/mol. The van der Waals surface area contributed by atoms with E-state index in [0.29, 0.717) is 43.4 Å². The second-order valence-electron chi connectivity index (χ2n) is 8.08. The van der Waals surface area contributed by atoms with Crippen molar-refractivity contribution in [1.29, 1.82) is 0 Å². The Kier molecular flexibility index (Phi) is 5.46. The summed E-state index contributed by atoms with van der Waals surface area (Å²) in [6, 6.07) is 18.9. The topological polar surface area (TPSA) is 84.9 Å². The van der Waals surface area contributed by atoms with Gasteiger partial charge < -0.3 is 14.8 Å². The van der Waals surface area contributed by atoms with Gasteiger partial charge in [-0.15, -0.1) is 0 Å². The third-order valence-electron chi connectivity index (χ3n) is 5.94. The number of ether oxygens (including phenoxy) is 2. The van der Waals surface area contributed by atoms with Crippen LogP contribution in [0.15, 0.2) is 71.6 Å². The maximum atomic E-state index is 13.3. The van der Waals surface area contributed by atoms with Crippen molar-refractivity contribution in [2.45, 2.75) is 24.3 Å². The van der Waals surface area contributed by atoms with Gasteiger partial charge in [0.2, 0.25) is 0 Å². The number of nitrogens with one attached hydrogen (secondary N) is 1. The number of benzene rings is 3. The molecule has 5 rings (SSSR count). The molecule has 170 valence electrons. The Balaban J connectivity index is 1.35. The summed E-state index contributed by atoms with van der Waals surface area (Å²) in [5.41, 5.74) is 2.85. The van der Waals surface area contributed by atoms with Crippen LogP contribution >= 0.6 is 0 Å². The summed E-state index contributed by atoms with van der Waals surface area (Å²) in [7, 11) is -3.78. The Labute approximate surface area is 193 Å². The van der Waals surface area contributed by atoms with Gasteiger partial charge in [-0.05, 0) is 60.9 Å². The number of carbonyl (C=O) groups excluding carboxylic acids is 1. The average molecular weight is 465 g/mol.